The van der Waals surface area contributed by atoms with Crippen LogP contribution in [-0.2, 0) is 13.6 Å². The molecule has 1 atom stereocenters. The Morgan fingerprint density at radius 2 is 1.92 bits per heavy atom. The molecule has 1 aromatic rings. The third-order valence-corrected chi connectivity index (χ3v) is 4.80. The van der Waals surface area contributed by atoms with E-state index in [-0.39, 0.29) is 0 Å². The van der Waals surface area contributed by atoms with Crippen molar-refractivity contribution >= 4 is 5.96 Å². The van der Waals surface area contributed by atoms with Crippen LogP contribution in [0.5, 0.6) is 0 Å². The summed E-state index contributed by atoms with van der Waals surface area (Å²) in [6.45, 7) is 8.59. The Morgan fingerprint density at radius 1 is 1.21 bits per heavy atom. The van der Waals surface area contributed by atoms with Gasteiger partial charge in [-0.25, -0.2) is 0 Å². The van der Waals surface area contributed by atoms with Crippen molar-refractivity contribution in [2.75, 3.05) is 26.7 Å². The molecule has 0 spiro atoms. The zero-order valence-corrected chi connectivity index (χ0v) is 15.6. The first-order valence-electron chi connectivity index (χ1n) is 9.13. The van der Waals surface area contributed by atoms with Crippen LogP contribution in [0, 0.1) is 5.92 Å². The maximum Gasteiger partial charge on any atom is 0.191 e. The summed E-state index contributed by atoms with van der Waals surface area (Å²) in [6.07, 6.45) is 7.09. The molecule has 2 heterocycles. The van der Waals surface area contributed by atoms with E-state index >= 15 is 0 Å². The van der Waals surface area contributed by atoms with Gasteiger partial charge in [-0.3, -0.25) is 9.89 Å². The molecule has 7 nitrogen and oxygen atoms in total. The van der Waals surface area contributed by atoms with Gasteiger partial charge in [0.2, 0.25) is 0 Å². The summed E-state index contributed by atoms with van der Waals surface area (Å²) in [5.41, 5.74) is 0. The number of guanidine groups is 1. The highest BCUT2D eigenvalue weighted by Gasteiger charge is 2.22. The number of nitrogens with one attached hydrogen (secondary N) is 2. The lowest BCUT2D eigenvalue weighted by molar-refractivity contribution is 0.161. The molecular formula is C17H33N7. The monoisotopic (exact) mass is 335 g/mol. The Morgan fingerprint density at radius 3 is 2.46 bits per heavy atom. The molecule has 0 amide bonds. The van der Waals surface area contributed by atoms with E-state index in [1.165, 1.54) is 38.8 Å². The van der Waals surface area contributed by atoms with Crippen molar-refractivity contribution in [3.63, 3.8) is 0 Å². The summed E-state index contributed by atoms with van der Waals surface area (Å²) in [6, 6.07) is 0.538. The molecule has 7 heteroatoms. The molecule has 1 unspecified atom stereocenters. The van der Waals surface area contributed by atoms with Crippen molar-refractivity contribution < 1.29 is 0 Å². The lowest BCUT2D eigenvalue weighted by Crippen LogP contribution is -2.49. The molecule has 0 saturated carbocycles. The average Bonchev–Trinajstić information content (AvgIpc) is 2.81. The van der Waals surface area contributed by atoms with Crippen LogP contribution in [-0.4, -0.2) is 58.3 Å². The second kappa shape index (κ2) is 9.61. The van der Waals surface area contributed by atoms with Crippen LogP contribution in [0.1, 0.15) is 45.4 Å². The van der Waals surface area contributed by atoms with Gasteiger partial charge < -0.3 is 15.2 Å². The van der Waals surface area contributed by atoms with Crippen molar-refractivity contribution in [1.29, 1.82) is 0 Å². The van der Waals surface area contributed by atoms with Crippen LogP contribution < -0.4 is 10.6 Å². The Hall–Kier alpha value is -1.63. The highest BCUT2D eigenvalue weighted by atomic mass is 15.3. The Balaban J connectivity index is 1.85. The Labute approximate surface area is 145 Å². The summed E-state index contributed by atoms with van der Waals surface area (Å²) in [4.78, 5) is 6.98. The number of hydrogen-bond acceptors (Lipinski definition) is 4. The average molecular weight is 336 g/mol. The second-order valence-electron chi connectivity index (χ2n) is 6.93. The highest BCUT2D eigenvalue weighted by molar-refractivity contribution is 5.79. The molecule has 0 aromatic carbocycles. The van der Waals surface area contributed by atoms with E-state index in [0.717, 1.165) is 18.3 Å². The molecule has 2 N–H and O–H groups in total. The molecule has 1 aliphatic heterocycles. The summed E-state index contributed by atoms with van der Waals surface area (Å²) >= 11 is 0. The number of nitrogens with zero attached hydrogens (tertiary/aromatic N) is 5. The topological polar surface area (TPSA) is 70.4 Å². The van der Waals surface area contributed by atoms with Crippen molar-refractivity contribution in [3.8, 4) is 0 Å². The van der Waals surface area contributed by atoms with Gasteiger partial charge in [-0.05, 0) is 31.8 Å². The number of aryl methyl sites for hydroxylation is 1. The fraction of sp³-hybridized carbons (Fsp3) is 0.824. The van der Waals surface area contributed by atoms with Crippen LogP contribution in [0.25, 0.3) is 0 Å². The largest absolute Gasteiger partial charge is 0.355 e. The van der Waals surface area contributed by atoms with Crippen molar-refractivity contribution in [3.05, 3.63) is 12.2 Å². The first-order valence-corrected chi connectivity index (χ1v) is 9.13. The van der Waals surface area contributed by atoms with Crippen molar-refractivity contribution in [1.82, 2.24) is 30.3 Å². The van der Waals surface area contributed by atoms with Gasteiger partial charge in [0.05, 0.1) is 6.54 Å². The molecule has 2 rings (SSSR count). The zero-order chi connectivity index (χ0) is 17.4. The maximum atomic E-state index is 4.33. The number of likely N-dealkylation sites (tertiary alicyclic amines) is 1. The van der Waals surface area contributed by atoms with Crippen LogP contribution in [0.2, 0.25) is 0 Å². The predicted octanol–water partition coefficient (Wildman–Crippen LogP) is 1.38. The summed E-state index contributed by atoms with van der Waals surface area (Å²) in [5.74, 6) is 2.33. The molecule has 1 aliphatic rings. The van der Waals surface area contributed by atoms with Crippen LogP contribution in [0.15, 0.2) is 11.3 Å². The SMILES string of the molecule is CN=C(NCc1nncn1C)NCC(C(C)C)N1CCCCCC1. The van der Waals surface area contributed by atoms with Gasteiger partial charge >= 0.3 is 0 Å². The van der Waals surface area contributed by atoms with Gasteiger partial charge in [-0.15, -0.1) is 10.2 Å². The minimum Gasteiger partial charge on any atom is -0.355 e. The minimum atomic E-state index is 0.538. The lowest BCUT2D eigenvalue weighted by atomic mass is 10.0. The molecule has 0 aliphatic carbocycles. The third kappa shape index (κ3) is 5.47. The Bertz CT molecular complexity index is 501. The van der Waals surface area contributed by atoms with Crippen molar-refractivity contribution in [2.45, 2.75) is 52.1 Å². The molecular weight excluding hydrogens is 302 g/mol. The normalized spacial score (nSPS) is 18.5. The third-order valence-electron chi connectivity index (χ3n) is 4.80. The predicted molar refractivity (Wildman–Crippen MR) is 97.9 cm³/mol. The second-order valence-corrected chi connectivity index (χ2v) is 6.93. The molecule has 1 fully saturated rings. The first kappa shape index (κ1) is 18.7. The van der Waals surface area contributed by atoms with Gasteiger partial charge in [0.1, 0.15) is 6.33 Å². The fourth-order valence-electron chi connectivity index (χ4n) is 3.27. The van der Waals surface area contributed by atoms with E-state index in [2.05, 4.69) is 44.6 Å². The van der Waals surface area contributed by atoms with E-state index in [4.69, 9.17) is 0 Å². The Kier molecular flexibility index (Phi) is 7.49. The van der Waals surface area contributed by atoms with Gasteiger partial charge in [-0.2, -0.15) is 0 Å². The first-order chi connectivity index (χ1) is 11.6. The maximum absolute atomic E-state index is 4.33. The molecule has 0 bridgehead atoms. The molecule has 1 aromatic heterocycles. The summed E-state index contributed by atoms with van der Waals surface area (Å²) in [7, 11) is 3.75. The highest BCUT2D eigenvalue weighted by Crippen LogP contribution is 2.17. The molecule has 0 radical (unpaired) electrons. The number of aliphatic imine (C=N–C) groups is 1. The minimum absolute atomic E-state index is 0.538. The standard InChI is InChI=1S/C17H33N7/c1-14(2)15(24-9-7-5-6-8-10-24)11-19-17(18-3)20-12-16-22-21-13-23(16)4/h13-15H,5-12H2,1-4H3,(H2,18,19,20). The number of rotatable bonds is 6. The number of hydrogen-bond donors (Lipinski definition) is 2. The van der Waals surface area contributed by atoms with Gasteiger partial charge in [0.15, 0.2) is 11.8 Å². The van der Waals surface area contributed by atoms with Gasteiger partial charge in [0.25, 0.3) is 0 Å². The van der Waals surface area contributed by atoms with E-state index in [9.17, 15) is 0 Å². The van der Waals surface area contributed by atoms with Crippen LogP contribution >= 0.6 is 0 Å². The molecule has 1 saturated heterocycles. The number of aromatic nitrogens is 3. The summed E-state index contributed by atoms with van der Waals surface area (Å²) in [5, 5.41) is 14.8. The van der Waals surface area contributed by atoms with E-state index < -0.39 is 0 Å². The summed E-state index contributed by atoms with van der Waals surface area (Å²) < 4.78 is 1.91. The van der Waals surface area contributed by atoms with Crippen LogP contribution in [0.3, 0.4) is 0 Å². The lowest BCUT2D eigenvalue weighted by Gasteiger charge is -2.34. The van der Waals surface area contributed by atoms with Crippen molar-refractivity contribution in [2.24, 2.45) is 18.0 Å². The van der Waals surface area contributed by atoms with E-state index in [0.29, 0.717) is 18.5 Å². The van der Waals surface area contributed by atoms with Gasteiger partial charge in [0, 0.05) is 26.7 Å². The van der Waals surface area contributed by atoms with Gasteiger partial charge in [-0.1, -0.05) is 26.7 Å². The molecule has 24 heavy (non-hydrogen) atoms. The quantitative estimate of drug-likeness (QED) is 0.607. The fourth-order valence-corrected chi connectivity index (χ4v) is 3.27. The van der Waals surface area contributed by atoms with E-state index in [1.54, 1.807) is 6.33 Å². The van der Waals surface area contributed by atoms with E-state index in [1.807, 2.05) is 18.7 Å². The zero-order valence-electron chi connectivity index (χ0n) is 15.6. The van der Waals surface area contributed by atoms with Crippen LogP contribution in [0.4, 0.5) is 0 Å². The molecule has 136 valence electrons. The smallest absolute Gasteiger partial charge is 0.191 e.